The lowest BCUT2D eigenvalue weighted by Crippen LogP contribution is -2.47. The van der Waals surface area contributed by atoms with Gasteiger partial charge < -0.3 is 5.11 Å². The third-order valence-electron chi connectivity index (χ3n) is 6.32. The van der Waals surface area contributed by atoms with Crippen molar-refractivity contribution in [2.75, 3.05) is 0 Å². The lowest BCUT2D eigenvalue weighted by atomic mass is 9.51. The number of rotatable bonds is 0. The molecule has 110 valence electrons. The molecule has 3 unspecified atom stereocenters. The number of aryl methyl sites for hydroxylation is 1. The van der Waals surface area contributed by atoms with Gasteiger partial charge in [0, 0.05) is 5.41 Å². The summed E-state index contributed by atoms with van der Waals surface area (Å²) in [5.74, 6) is 2.41. The van der Waals surface area contributed by atoms with E-state index in [9.17, 15) is 9.90 Å². The molecule has 3 aliphatic carbocycles. The lowest BCUT2D eigenvalue weighted by Gasteiger charge is -2.52. The van der Waals surface area contributed by atoms with Crippen LogP contribution in [0.15, 0.2) is 30.4 Å². The van der Waals surface area contributed by atoms with E-state index in [-0.39, 0.29) is 5.41 Å². The van der Waals surface area contributed by atoms with Crippen LogP contribution in [-0.4, -0.2) is 10.9 Å². The second-order valence-corrected chi connectivity index (χ2v) is 7.26. The molecule has 1 fully saturated rings. The van der Waals surface area contributed by atoms with E-state index >= 15 is 0 Å². The minimum absolute atomic E-state index is 0.135. The summed E-state index contributed by atoms with van der Waals surface area (Å²) in [5, 5.41) is 9.69. The van der Waals surface area contributed by atoms with Crippen molar-refractivity contribution in [3.05, 3.63) is 41.5 Å². The molecule has 1 saturated carbocycles. The van der Waals surface area contributed by atoms with Crippen LogP contribution in [0.5, 0.6) is 5.75 Å². The number of benzene rings is 1. The first-order valence-electron chi connectivity index (χ1n) is 8.12. The predicted molar refractivity (Wildman–Crippen MR) is 82.3 cm³/mol. The summed E-state index contributed by atoms with van der Waals surface area (Å²) in [7, 11) is 0. The summed E-state index contributed by atoms with van der Waals surface area (Å²) in [6, 6.07) is 5.87. The number of allylic oxidation sites excluding steroid dienone is 2. The summed E-state index contributed by atoms with van der Waals surface area (Å²) in [6.45, 7) is 2.19. The van der Waals surface area contributed by atoms with Crippen molar-refractivity contribution in [1.82, 2.24) is 0 Å². The van der Waals surface area contributed by atoms with Crippen molar-refractivity contribution in [3.8, 4) is 5.75 Å². The van der Waals surface area contributed by atoms with E-state index in [0.717, 1.165) is 32.1 Å². The molecular formula is C19H22O2. The zero-order valence-electron chi connectivity index (χ0n) is 12.5. The molecule has 2 heteroatoms. The summed E-state index contributed by atoms with van der Waals surface area (Å²) < 4.78 is 0. The van der Waals surface area contributed by atoms with Crippen LogP contribution in [0.4, 0.5) is 0 Å². The molecule has 1 aromatic carbocycles. The van der Waals surface area contributed by atoms with Gasteiger partial charge in [0.25, 0.3) is 0 Å². The second-order valence-electron chi connectivity index (χ2n) is 7.26. The fourth-order valence-corrected chi connectivity index (χ4v) is 5.14. The Hall–Kier alpha value is -1.57. The highest BCUT2D eigenvalue weighted by molar-refractivity contribution is 5.95. The molecule has 0 aromatic heterocycles. The van der Waals surface area contributed by atoms with Gasteiger partial charge in [-0.1, -0.05) is 19.1 Å². The van der Waals surface area contributed by atoms with Crippen LogP contribution in [0.25, 0.3) is 0 Å². The Morgan fingerprint density at radius 2 is 2.14 bits per heavy atom. The summed E-state index contributed by atoms with van der Waals surface area (Å²) in [5.41, 5.74) is 2.61. The zero-order chi connectivity index (χ0) is 14.6. The normalized spacial score (nSPS) is 37.6. The van der Waals surface area contributed by atoms with Crippen LogP contribution < -0.4 is 0 Å². The molecule has 0 heterocycles. The Kier molecular flexibility index (Phi) is 2.79. The smallest absolute Gasteiger partial charge is 0.161 e. The summed E-state index contributed by atoms with van der Waals surface area (Å²) in [6.07, 6.45) is 9.25. The fraction of sp³-hybridized carbons (Fsp3) is 0.526. The molecule has 3 aliphatic rings. The number of phenols is 1. The SMILES string of the molecule is C[C@]12CCC3c4ccc(O)cc4CCC3C1CC=CC2=O. The minimum atomic E-state index is -0.135. The van der Waals surface area contributed by atoms with E-state index in [0.29, 0.717) is 29.3 Å². The predicted octanol–water partition coefficient (Wildman–Crippen LogP) is 3.98. The van der Waals surface area contributed by atoms with Gasteiger partial charge in [-0.3, -0.25) is 4.79 Å². The number of phenolic OH excluding ortho intramolecular Hbond substituents is 1. The Morgan fingerprint density at radius 1 is 1.29 bits per heavy atom. The van der Waals surface area contributed by atoms with Gasteiger partial charge in [0.2, 0.25) is 0 Å². The van der Waals surface area contributed by atoms with Gasteiger partial charge in [0.05, 0.1) is 0 Å². The number of carbonyl (C=O) groups excluding carboxylic acids is 1. The number of carbonyl (C=O) groups is 1. The van der Waals surface area contributed by atoms with E-state index in [1.54, 1.807) is 0 Å². The average Bonchev–Trinajstić information content (AvgIpc) is 2.48. The summed E-state index contributed by atoms with van der Waals surface area (Å²) in [4.78, 5) is 12.4. The number of hydrogen-bond donors (Lipinski definition) is 1. The zero-order valence-corrected chi connectivity index (χ0v) is 12.5. The highest BCUT2D eigenvalue weighted by Gasteiger charge is 2.51. The fourth-order valence-electron chi connectivity index (χ4n) is 5.14. The van der Waals surface area contributed by atoms with Gasteiger partial charge in [0.15, 0.2) is 5.78 Å². The first-order valence-corrected chi connectivity index (χ1v) is 8.12. The molecule has 1 N–H and O–H groups in total. The van der Waals surface area contributed by atoms with E-state index < -0.39 is 0 Å². The van der Waals surface area contributed by atoms with Gasteiger partial charge >= 0.3 is 0 Å². The van der Waals surface area contributed by atoms with E-state index in [1.807, 2.05) is 18.2 Å². The van der Waals surface area contributed by atoms with Crippen molar-refractivity contribution < 1.29 is 9.90 Å². The van der Waals surface area contributed by atoms with Crippen molar-refractivity contribution in [2.45, 2.75) is 44.9 Å². The van der Waals surface area contributed by atoms with Crippen LogP contribution in [0, 0.1) is 17.3 Å². The molecule has 0 radical (unpaired) electrons. The van der Waals surface area contributed by atoms with Crippen LogP contribution in [0.1, 0.15) is 49.7 Å². The van der Waals surface area contributed by atoms with E-state index in [1.165, 1.54) is 11.1 Å². The van der Waals surface area contributed by atoms with Crippen molar-refractivity contribution in [1.29, 1.82) is 0 Å². The molecule has 0 spiro atoms. The van der Waals surface area contributed by atoms with Crippen LogP contribution in [0.2, 0.25) is 0 Å². The van der Waals surface area contributed by atoms with Gasteiger partial charge in [-0.05, 0) is 79.2 Å². The van der Waals surface area contributed by atoms with Crippen LogP contribution >= 0.6 is 0 Å². The van der Waals surface area contributed by atoms with Gasteiger partial charge in [-0.15, -0.1) is 0 Å². The Morgan fingerprint density at radius 3 is 3.00 bits per heavy atom. The summed E-state index contributed by atoms with van der Waals surface area (Å²) >= 11 is 0. The first kappa shape index (κ1) is 13.1. The number of fused-ring (bicyclic) bond motifs is 5. The topological polar surface area (TPSA) is 37.3 Å². The first-order chi connectivity index (χ1) is 10.1. The maximum atomic E-state index is 12.4. The highest BCUT2D eigenvalue weighted by Crippen LogP contribution is 2.57. The maximum absolute atomic E-state index is 12.4. The lowest BCUT2D eigenvalue weighted by molar-refractivity contribution is -0.131. The van der Waals surface area contributed by atoms with Gasteiger partial charge in [-0.25, -0.2) is 0 Å². The quantitative estimate of drug-likeness (QED) is 0.781. The third kappa shape index (κ3) is 1.81. The Bertz CT molecular complexity index is 630. The molecule has 4 atom stereocenters. The molecule has 0 saturated heterocycles. The largest absolute Gasteiger partial charge is 0.508 e. The molecular weight excluding hydrogens is 260 g/mol. The number of ketones is 1. The van der Waals surface area contributed by atoms with Crippen molar-refractivity contribution in [3.63, 3.8) is 0 Å². The monoisotopic (exact) mass is 282 g/mol. The number of aromatic hydroxyl groups is 1. The Labute approximate surface area is 125 Å². The molecule has 21 heavy (non-hydrogen) atoms. The van der Waals surface area contributed by atoms with E-state index in [2.05, 4.69) is 19.1 Å². The van der Waals surface area contributed by atoms with Crippen LogP contribution in [0.3, 0.4) is 0 Å². The number of hydrogen-bond acceptors (Lipinski definition) is 2. The van der Waals surface area contributed by atoms with Gasteiger partial charge in [-0.2, -0.15) is 0 Å². The van der Waals surface area contributed by atoms with Crippen LogP contribution in [-0.2, 0) is 11.2 Å². The maximum Gasteiger partial charge on any atom is 0.161 e. The third-order valence-corrected chi connectivity index (χ3v) is 6.32. The standard InChI is InChI=1S/C19H22O2/c1-19-10-9-15-14-8-6-13(20)11-12(14)5-7-16(15)17(19)3-2-4-18(19)21/h2,4,6,8,11,15-17,20H,3,5,7,9-10H2,1H3/t15?,16?,17?,19-/m0/s1. The molecule has 0 amide bonds. The molecule has 0 bridgehead atoms. The molecule has 0 aliphatic heterocycles. The Balaban J connectivity index is 1.74. The average molecular weight is 282 g/mol. The van der Waals surface area contributed by atoms with Crippen molar-refractivity contribution in [2.24, 2.45) is 17.3 Å². The molecule has 2 nitrogen and oxygen atoms in total. The molecule has 1 aromatic rings. The van der Waals surface area contributed by atoms with Gasteiger partial charge in [0.1, 0.15) is 5.75 Å². The molecule has 4 rings (SSSR count). The van der Waals surface area contributed by atoms with Crippen molar-refractivity contribution >= 4 is 5.78 Å². The van der Waals surface area contributed by atoms with E-state index in [4.69, 9.17) is 0 Å². The highest BCUT2D eigenvalue weighted by atomic mass is 16.3. The minimum Gasteiger partial charge on any atom is -0.508 e. The second kappa shape index (κ2) is 4.46.